The molecule has 0 radical (unpaired) electrons. The van der Waals surface area contributed by atoms with Gasteiger partial charge in [0.25, 0.3) is 0 Å². The number of benzene rings is 2. The van der Waals surface area contributed by atoms with E-state index in [0.29, 0.717) is 11.7 Å². The fourth-order valence-electron chi connectivity index (χ4n) is 3.83. The third-order valence-corrected chi connectivity index (χ3v) is 6.33. The molecular formula is C33H53NO. The first-order valence-corrected chi connectivity index (χ1v) is 13.8. The van der Waals surface area contributed by atoms with Gasteiger partial charge in [-0.2, -0.15) is 0 Å². The highest BCUT2D eigenvalue weighted by atomic mass is 16.1. The number of nitrogens with one attached hydrogen (secondary N) is 1. The van der Waals surface area contributed by atoms with Crippen LogP contribution in [0.3, 0.4) is 0 Å². The van der Waals surface area contributed by atoms with Crippen molar-refractivity contribution in [2.45, 2.75) is 113 Å². The van der Waals surface area contributed by atoms with Gasteiger partial charge >= 0.3 is 0 Å². The van der Waals surface area contributed by atoms with Crippen LogP contribution in [-0.2, 0) is 4.79 Å². The summed E-state index contributed by atoms with van der Waals surface area (Å²) in [6.45, 7) is 20.9. The summed E-state index contributed by atoms with van der Waals surface area (Å²) in [7, 11) is 0. The van der Waals surface area contributed by atoms with Crippen molar-refractivity contribution in [2.75, 3.05) is 5.32 Å². The maximum Gasteiger partial charge on any atom is 0.132 e. The van der Waals surface area contributed by atoms with Crippen molar-refractivity contribution in [1.82, 2.24) is 0 Å². The number of unbranched alkanes of at least 4 members (excludes halogenated alkanes) is 5. The third kappa shape index (κ3) is 14.6. The van der Waals surface area contributed by atoms with Crippen molar-refractivity contribution in [2.24, 2.45) is 5.92 Å². The summed E-state index contributed by atoms with van der Waals surface area (Å²) in [5.41, 5.74) is 6.96. The van der Waals surface area contributed by atoms with E-state index in [4.69, 9.17) is 0 Å². The maximum atomic E-state index is 10.9. The zero-order valence-corrected chi connectivity index (χ0v) is 24.1. The Kier molecular flexibility index (Phi) is 18.6. The van der Waals surface area contributed by atoms with Crippen LogP contribution in [0.25, 0.3) is 5.70 Å². The van der Waals surface area contributed by atoms with Gasteiger partial charge in [-0.25, -0.2) is 0 Å². The van der Waals surface area contributed by atoms with E-state index in [0.717, 1.165) is 24.2 Å². The van der Waals surface area contributed by atoms with Crippen LogP contribution in [0.1, 0.15) is 115 Å². The van der Waals surface area contributed by atoms with Crippen LogP contribution in [0.5, 0.6) is 0 Å². The fourth-order valence-corrected chi connectivity index (χ4v) is 3.83. The molecule has 196 valence electrons. The maximum absolute atomic E-state index is 10.9. The molecule has 0 aliphatic heterocycles. The Morgan fingerprint density at radius 2 is 1.43 bits per heavy atom. The minimum atomic E-state index is 0.333. The van der Waals surface area contributed by atoms with Gasteiger partial charge in [-0.15, -0.1) is 0 Å². The molecule has 0 saturated carbocycles. The SMILES string of the molecule is C=C(Nc1ccccc1C)c1cc(C)ccc1C.CCCCC(CC)C(C)=O.CCCCCCC. The Morgan fingerprint density at radius 1 is 0.829 bits per heavy atom. The Bertz CT molecular complexity index is 848. The molecule has 0 heterocycles. The summed E-state index contributed by atoms with van der Waals surface area (Å²) in [5.74, 6) is 0.691. The predicted octanol–water partition coefficient (Wildman–Crippen LogP) is 10.5. The van der Waals surface area contributed by atoms with Crippen LogP contribution in [0.2, 0.25) is 0 Å². The van der Waals surface area contributed by atoms with Crippen LogP contribution in [0, 0.1) is 26.7 Å². The molecule has 2 aromatic rings. The zero-order valence-electron chi connectivity index (χ0n) is 24.1. The number of ketones is 1. The van der Waals surface area contributed by atoms with Crippen molar-refractivity contribution >= 4 is 17.2 Å². The number of hydrogen-bond acceptors (Lipinski definition) is 2. The lowest BCUT2D eigenvalue weighted by Gasteiger charge is -2.14. The monoisotopic (exact) mass is 479 g/mol. The predicted molar refractivity (Wildman–Crippen MR) is 158 cm³/mol. The Morgan fingerprint density at radius 3 is 1.94 bits per heavy atom. The largest absolute Gasteiger partial charge is 0.355 e. The summed E-state index contributed by atoms with van der Waals surface area (Å²) >= 11 is 0. The van der Waals surface area contributed by atoms with Crippen molar-refractivity contribution in [3.05, 3.63) is 71.3 Å². The number of Topliss-reactive ketones (excluding diaryl/α,β-unsaturated/α-hetero) is 1. The highest BCUT2D eigenvalue weighted by Gasteiger charge is 2.09. The van der Waals surface area contributed by atoms with Crippen LogP contribution in [0.15, 0.2) is 49.0 Å². The highest BCUT2D eigenvalue weighted by Crippen LogP contribution is 2.23. The lowest BCUT2D eigenvalue weighted by molar-refractivity contribution is -0.121. The molecule has 1 N–H and O–H groups in total. The molecule has 2 rings (SSSR count). The molecule has 0 aliphatic carbocycles. The van der Waals surface area contributed by atoms with Gasteiger partial charge in [0.2, 0.25) is 0 Å². The van der Waals surface area contributed by atoms with E-state index in [2.05, 4.69) is 90.7 Å². The van der Waals surface area contributed by atoms with Crippen molar-refractivity contribution < 1.29 is 4.79 Å². The lowest BCUT2D eigenvalue weighted by atomic mass is 9.96. The van der Waals surface area contributed by atoms with Crippen molar-refractivity contribution in [3.63, 3.8) is 0 Å². The molecule has 1 atom stereocenters. The smallest absolute Gasteiger partial charge is 0.132 e. The molecule has 0 fully saturated rings. The average Bonchev–Trinajstić information content (AvgIpc) is 2.83. The summed E-state index contributed by atoms with van der Waals surface area (Å²) in [4.78, 5) is 10.9. The molecular weight excluding hydrogens is 426 g/mol. The van der Waals surface area contributed by atoms with E-state index in [1.54, 1.807) is 6.92 Å². The fraction of sp³-hybridized carbons (Fsp3) is 0.545. The Hall–Kier alpha value is -2.35. The second-order valence-electron chi connectivity index (χ2n) is 9.66. The summed E-state index contributed by atoms with van der Waals surface area (Å²) in [6, 6.07) is 14.7. The number of rotatable bonds is 12. The second kappa shape index (κ2) is 19.9. The molecule has 35 heavy (non-hydrogen) atoms. The second-order valence-corrected chi connectivity index (χ2v) is 9.66. The summed E-state index contributed by atoms with van der Waals surface area (Å²) < 4.78 is 0. The minimum Gasteiger partial charge on any atom is -0.355 e. The minimum absolute atomic E-state index is 0.333. The summed E-state index contributed by atoms with van der Waals surface area (Å²) in [5, 5.41) is 3.40. The Labute approximate surface area is 217 Å². The summed E-state index contributed by atoms with van der Waals surface area (Å²) in [6.07, 6.45) is 11.5. The standard InChI is InChI=1S/C17H19N.C9H18O.C7H16/c1-12-9-10-13(2)16(11-12)15(4)18-17-8-6-5-7-14(17)3;1-4-6-7-9(5-2)8(3)10;1-3-5-7-6-4-2/h5-11,18H,4H2,1-3H3;9H,4-7H2,1-3H3;3-7H2,1-2H3. The van der Waals surface area contributed by atoms with Gasteiger partial charge in [0.15, 0.2) is 0 Å². The molecule has 0 amide bonds. The number of hydrogen-bond donors (Lipinski definition) is 1. The Balaban J connectivity index is 0.000000575. The van der Waals surface area contributed by atoms with E-state index >= 15 is 0 Å². The van der Waals surface area contributed by atoms with Crippen LogP contribution in [-0.4, -0.2) is 5.78 Å². The molecule has 0 aliphatic rings. The molecule has 2 aromatic carbocycles. The van der Waals surface area contributed by atoms with Crippen LogP contribution >= 0.6 is 0 Å². The average molecular weight is 480 g/mol. The van der Waals surface area contributed by atoms with E-state index in [-0.39, 0.29) is 0 Å². The first-order valence-electron chi connectivity index (χ1n) is 13.8. The van der Waals surface area contributed by atoms with E-state index in [1.807, 2.05) is 12.1 Å². The third-order valence-electron chi connectivity index (χ3n) is 6.33. The number of para-hydroxylation sites is 1. The van der Waals surface area contributed by atoms with Gasteiger partial charge in [-0.1, -0.05) is 115 Å². The van der Waals surface area contributed by atoms with Crippen LogP contribution in [0.4, 0.5) is 5.69 Å². The van der Waals surface area contributed by atoms with E-state index < -0.39 is 0 Å². The van der Waals surface area contributed by atoms with Crippen LogP contribution < -0.4 is 5.32 Å². The van der Waals surface area contributed by atoms with Gasteiger partial charge in [0.05, 0.1) is 0 Å². The molecule has 0 saturated heterocycles. The van der Waals surface area contributed by atoms with Gasteiger partial charge < -0.3 is 5.32 Å². The van der Waals surface area contributed by atoms with Crippen molar-refractivity contribution in [1.29, 1.82) is 0 Å². The molecule has 0 aromatic heterocycles. The number of carbonyl (C=O) groups excluding carboxylic acids is 1. The topological polar surface area (TPSA) is 29.1 Å². The number of aryl methyl sites for hydroxylation is 3. The molecule has 2 nitrogen and oxygen atoms in total. The zero-order chi connectivity index (χ0) is 26.6. The number of carbonyl (C=O) groups is 1. The quantitative estimate of drug-likeness (QED) is 0.307. The lowest BCUT2D eigenvalue weighted by Crippen LogP contribution is -2.08. The first-order chi connectivity index (χ1) is 16.7. The number of anilines is 1. The highest BCUT2D eigenvalue weighted by molar-refractivity contribution is 5.78. The van der Waals surface area contributed by atoms with Gasteiger partial charge in [-0.3, -0.25) is 4.79 Å². The van der Waals surface area contributed by atoms with Crippen molar-refractivity contribution in [3.8, 4) is 0 Å². The first kappa shape index (κ1) is 32.7. The van der Waals surface area contributed by atoms with Gasteiger partial charge in [-0.05, 0) is 63.8 Å². The molecule has 0 bridgehead atoms. The normalized spacial score (nSPS) is 10.9. The van der Waals surface area contributed by atoms with E-state index in [9.17, 15) is 4.79 Å². The van der Waals surface area contributed by atoms with Gasteiger partial charge in [0, 0.05) is 22.9 Å². The molecule has 0 spiro atoms. The van der Waals surface area contributed by atoms with Gasteiger partial charge in [0.1, 0.15) is 5.78 Å². The molecule has 1 unspecified atom stereocenters. The van der Waals surface area contributed by atoms with E-state index in [1.165, 1.54) is 67.2 Å². The molecule has 2 heteroatoms.